The summed E-state index contributed by atoms with van der Waals surface area (Å²) in [5.74, 6) is 0.541. The van der Waals surface area contributed by atoms with Gasteiger partial charge in [-0.15, -0.1) is 0 Å². The lowest BCUT2D eigenvalue weighted by molar-refractivity contribution is -0.136. The first-order chi connectivity index (χ1) is 6.24. The minimum absolute atomic E-state index is 0.160. The Morgan fingerprint density at radius 1 is 1.23 bits per heavy atom. The van der Waals surface area contributed by atoms with E-state index >= 15 is 0 Å². The highest BCUT2D eigenvalue weighted by Gasteiger charge is 2.25. The second-order valence-electron chi connectivity index (χ2n) is 3.91. The summed E-state index contributed by atoms with van der Waals surface area (Å²) >= 11 is 0. The third-order valence-corrected chi connectivity index (χ3v) is 2.56. The highest BCUT2D eigenvalue weighted by atomic mass is 16.2. The molecular weight excluding hydrogens is 168 g/mol. The fourth-order valence-electron chi connectivity index (χ4n) is 1.63. The maximum Gasteiger partial charge on any atom is 0.240 e. The van der Waals surface area contributed by atoms with Gasteiger partial charge in [-0.2, -0.15) is 0 Å². The molecule has 1 N–H and O–H groups in total. The molecule has 2 aliphatic rings. The van der Waals surface area contributed by atoms with Crippen LogP contribution in [0.2, 0.25) is 0 Å². The topological polar surface area (TPSA) is 49.4 Å². The van der Waals surface area contributed by atoms with Crippen molar-refractivity contribution in [1.29, 1.82) is 0 Å². The van der Waals surface area contributed by atoms with Crippen molar-refractivity contribution in [1.82, 2.24) is 10.2 Å². The molecule has 0 unspecified atom stereocenters. The van der Waals surface area contributed by atoms with Crippen LogP contribution in [0.15, 0.2) is 0 Å². The zero-order chi connectivity index (χ0) is 9.26. The van der Waals surface area contributed by atoms with Gasteiger partial charge in [-0.3, -0.25) is 19.8 Å². The smallest absolute Gasteiger partial charge is 0.240 e. The molecule has 2 amide bonds. The van der Waals surface area contributed by atoms with Crippen LogP contribution in [-0.2, 0) is 9.59 Å². The molecule has 4 heteroatoms. The lowest BCUT2D eigenvalue weighted by atomic mass is 10.2. The van der Waals surface area contributed by atoms with Gasteiger partial charge in [0.05, 0.1) is 13.1 Å². The van der Waals surface area contributed by atoms with E-state index in [0.29, 0.717) is 13.1 Å². The van der Waals surface area contributed by atoms with Gasteiger partial charge >= 0.3 is 0 Å². The van der Waals surface area contributed by atoms with Crippen molar-refractivity contribution in [3.8, 4) is 0 Å². The molecule has 1 saturated heterocycles. The highest BCUT2D eigenvalue weighted by Crippen LogP contribution is 2.32. The second-order valence-corrected chi connectivity index (χ2v) is 3.91. The summed E-state index contributed by atoms with van der Waals surface area (Å²) in [6.45, 7) is 1.67. The predicted molar refractivity (Wildman–Crippen MR) is 46.9 cm³/mol. The van der Waals surface area contributed by atoms with Crippen LogP contribution in [0, 0.1) is 5.92 Å². The molecule has 2 rings (SSSR count). The van der Waals surface area contributed by atoms with Crippen LogP contribution in [-0.4, -0.2) is 36.3 Å². The number of nitrogens with one attached hydrogen (secondary N) is 1. The summed E-state index contributed by atoms with van der Waals surface area (Å²) in [6.07, 6.45) is 3.79. The van der Waals surface area contributed by atoms with Crippen molar-refractivity contribution in [2.75, 3.05) is 19.6 Å². The van der Waals surface area contributed by atoms with Crippen molar-refractivity contribution in [2.24, 2.45) is 5.92 Å². The number of rotatable bonds is 3. The average Bonchev–Trinajstić information content (AvgIpc) is 2.81. The van der Waals surface area contributed by atoms with Gasteiger partial charge in [0.1, 0.15) is 0 Å². The van der Waals surface area contributed by atoms with Gasteiger partial charge in [0.2, 0.25) is 11.8 Å². The Morgan fingerprint density at radius 2 is 1.85 bits per heavy atom. The molecule has 0 atom stereocenters. The van der Waals surface area contributed by atoms with E-state index in [4.69, 9.17) is 0 Å². The molecule has 13 heavy (non-hydrogen) atoms. The van der Waals surface area contributed by atoms with E-state index in [1.54, 1.807) is 0 Å². The Labute approximate surface area is 77.3 Å². The number of carbonyl (C=O) groups excluding carboxylic acids is 2. The van der Waals surface area contributed by atoms with E-state index in [2.05, 4.69) is 5.32 Å². The minimum Gasteiger partial charge on any atom is -0.294 e. The van der Waals surface area contributed by atoms with Gasteiger partial charge in [-0.1, -0.05) is 12.8 Å². The maximum absolute atomic E-state index is 11.0. The van der Waals surface area contributed by atoms with Gasteiger partial charge in [0, 0.05) is 0 Å². The fraction of sp³-hybridized carbons (Fsp3) is 0.778. The molecular formula is C9H14N2O2. The Balaban J connectivity index is 1.76. The van der Waals surface area contributed by atoms with Crippen LogP contribution in [0.5, 0.6) is 0 Å². The van der Waals surface area contributed by atoms with Gasteiger partial charge in [-0.05, 0) is 18.9 Å². The lowest BCUT2D eigenvalue weighted by Gasteiger charge is -2.24. The second kappa shape index (κ2) is 3.46. The fourth-order valence-corrected chi connectivity index (χ4v) is 1.63. The van der Waals surface area contributed by atoms with Crippen molar-refractivity contribution in [3.63, 3.8) is 0 Å². The number of hydrogen-bond donors (Lipinski definition) is 1. The molecule has 0 spiro atoms. The first-order valence-corrected chi connectivity index (χ1v) is 4.79. The number of piperazine rings is 1. The first-order valence-electron chi connectivity index (χ1n) is 4.79. The molecule has 72 valence electrons. The third kappa shape index (κ3) is 2.52. The van der Waals surface area contributed by atoms with Gasteiger partial charge in [0.25, 0.3) is 0 Å². The van der Waals surface area contributed by atoms with Crippen LogP contribution in [0.1, 0.15) is 19.3 Å². The average molecular weight is 182 g/mol. The Kier molecular flexibility index (Phi) is 2.31. The summed E-state index contributed by atoms with van der Waals surface area (Å²) < 4.78 is 0. The summed E-state index contributed by atoms with van der Waals surface area (Å²) in [4.78, 5) is 23.9. The van der Waals surface area contributed by atoms with Crippen LogP contribution in [0.25, 0.3) is 0 Å². The van der Waals surface area contributed by atoms with Crippen LogP contribution >= 0.6 is 0 Å². The number of nitrogens with zero attached hydrogens (tertiary/aromatic N) is 1. The lowest BCUT2D eigenvalue weighted by Crippen LogP contribution is -2.51. The molecule has 0 bridgehead atoms. The highest BCUT2D eigenvalue weighted by molar-refractivity contribution is 5.99. The van der Waals surface area contributed by atoms with Crippen molar-refractivity contribution in [2.45, 2.75) is 19.3 Å². The molecule has 0 aromatic carbocycles. The van der Waals surface area contributed by atoms with E-state index in [0.717, 1.165) is 18.9 Å². The molecule has 0 radical (unpaired) electrons. The molecule has 0 aromatic rings. The Hall–Kier alpha value is -0.900. The van der Waals surface area contributed by atoms with Crippen LogP contribution in [0.3, 0.4) is 0 Å². The minimum atomic E-state index is -0.160. The number of imide groups is 1. The maximum atomic E-state index is 11.0. The molecule has 1 saturated carbocycles. The van der Waals surface area contributed by atoms with E-state index in [1.165, 1.54) is 12.8 Å². The Bertz CT molecular complexity index is 220. The first kappa shape index (κ1) is 8.69. The van der Waals surface area contributed by atoms with E-state index in [9.17, 15) is 9.59 Å². The summed E-state index contributed by atoms with van der Waals surface area (Å²) in [6, 6.07) is 0. The van der Waals surface area contributed by atoms with E-state index < -0.39 is 0 Å². The number of amides is 2. The number of hydrogen-bond acceptors (Lipinski definition) is 3. The van der Waals surface area contributed by atoms with Crippen LogP contribution < -0.4 is 5.32 Å². The standard InChI is InChI=1S/C9H14N2O2/c12-8-5-11(6-9(13)10-8)4-3-7-1-2-7/h7H,1-6H2,(H,10,12,13). The molecule has 2 fully saturated rings. The van der Waals surface area contributed by atoms with E-state index in [-0.39, 0.29) is 11.8 Å². The monoisotopic (exact) mass is 182 g/mol. The van der Waals surface area contributed by atoms with E-state index in [1.807, 2.05) is 4.90 Å². The molecule has 1 aliphatic carbocycles. The number of carbonyl (C=O) groups is 2. The molecule has 1 heterocycles. The van der Waals surface area contributed by atoms with Crippen molar-refractivity contribution >= 4 is 11.8 Å². The van der Waals surface area contributed by atoms with Crippen molar-refractivity contribution < 1.29 is 9.59 Å². The van der Waals surface area contributed by atoms with Crippen LogP contribution in [0.4, 0.5) is 0 Å². The largest absolute Gasteiger partial charge is 0.294 e. The molecule has 4 nitrogen and oxygen atoms in total. The zero-order valence-electron chi connectivity index (χ0n) is 7.58. The van der Waals surface area contributed by atoms with Crippen molar-refractivity contribution in [3.05, 3.63) is 0 Å². The van der Waals surface area contributed by atoms with Gasteiger partial charge < -0.3 is 0 Å². The normalized spacial score (nSPS) is 24.6. The van der Waals surface area contributed by atoms with Gasteiger partial charge in [-0.25, -0.2) is 0 Å². The summed E-state index contributed by atoms with van der Waals surface area (Å²) in [7, 11) is 0. The van der Waals surface area contributed by atoms with Gasteiger partial charge in [0.15, 0.2) is 0 Å². The molecule has 0 aromatic heterocycles. The Morgan fingerprint density at radius 3 is 2.38 bits per heavy atom. The predicted octanol–water partition coefficient (Wildman–Crippen LogP) is -0.255. The zero-order valence-corrected chi connectivity index (χ0v) is 7.58. The summed E-state index contributed by atoms with van der Waals surface area (Å²) in [5.41, 5.74) is 0. The summed E-state index contributed by atoms with van der Waals surface area (Å²) in [5, 5.41) is 2.29. The SMILES string of the molecule is O=C1CN(CCC2CC2)CC(=O)N1. The quantitative estimate of drug-likeness (QED) is 0.612. The molecule has 1 aliphatic heterocycles. The third-order valence-electron chi connectivity index (χ3n) is 2.56.